The van der Waals surface area contributed by atoms with Crippen molar-refractivity contribution in [3.63, 3.8) is 0 Å². The minimum Gasteiger partial charge on any atom is -0.410 e. The summed E-state index contributed by atoms with van der Waals surface area (Å²) in [5.74, 6) is 0.257. The van der Waals surface area contributed by atoms with E-state index in [2.05, 4.69) is 10.5 Å². The predicted octanol–water partition coefficient (Wildman–Crippen LogP) is 1.39. The highest BCUT2D eigenvalue weighted by Crippen LogP contribution is 2.19. The molecule has 0 radical (unpaired) electrons. The molecular weight excluding hydrogens is 168 g/mol. The number of carbonyl (C=O) groups is 1. The fourth-order valence-electron chi connectivity index (χ4n) is 1.08. The number of Topliss-reactive ketones (excluding diaryl/α,β-unsaturated/α-hetero) is 1. The van der Waals surface area contributed by atoms with Gasteiger partial charge in [-0.25, -0.2) is 0 Å². The highest BCUT2D eigenvalue weighted by atomic mass is 16.4. The molecule has 2 N–H and O–H groups in total. The van der Waals surface area contributed by atoms with Gasteiger partial charge < -0.3 is 10.5 Å². The summed E-state index contributed by atoms with van der Waals surface area (Å²) in [7, 11) is 0. The third kappa shape index (κ3) is 6.13. The van der Waals surface area contributed by atoms with Gasteiger partial charge in [-0.05, 0) is 5.41 Å². The van der Waals surface area contributed by atoms with E-state index < -0.39 is 0 Å². The quantitative estimate of drug-likeness (QED) is 0.285. The average Bonchev–Trinajstić information content (AvgIpc) is 2.03. The molecule has 0 atom stereocenters. The molecule has 0 spiro atoms. The van der Waals surface area contributed by atoms with Crippen LogP contribution in [0.15, 0.2) is 5.16 Å². The van der Waals surface area contributed by atoms with Gasteiger partial charge in [-0.3, -0.25) is 4.79 Å². The fraction of sp³-hybridized carbons (Fsp3) is 0.778. The second-order valence-corrected chi connectivity index (χ2v) is 3.86. The van der Waals surface area contributed by atoms with E-state index in [4.69, 9.17) is 5.21 Å². The molecule has 0 saturated heterocycles. The van der Waals surface area contributed by atoms with Gasteiger partial charge in [0, 0.05) is 19.4 Å². The highest BCUT2D eigenvalue weighted by Gasteiger charge is 2.20. The third-order valence-electron chi connectivity index (χ3n) is 1.80. The maximum atomic E-state index is 11.1. The predicted molar refractivity (Wildman–Crippen MR) is 52.0 cm³/mol. The summed E-state index contributed by atoms with van der Waals surface area (Å²) in [6.07, 6.45) is 2.35. The van der Waals surface area contributed by atoms with Gasteiger partial charge in [0.25, 0.3) is 0 Å². The minimum atomic E-state index is -0.0890. The lowest BCUT2D eigenvalue weighted by atomic mass is 9.87. The first kappa shape index (κ1) is 11.9. The molecule has 0 unspecified atom stereocenters. The van der Waals surface area contributed by atoms with Gasteiger partial charge in [-0.1, -0.05) is 25.9 Å². The number of rotatable bonds is 6. The van der Waals surface area contributed by atoms with Crippen LogP contribution in [0.4, 0.5) is 0 Å². The standard InChI is InChI=1S/C9H18N2O2/c1-4-8(12)5-9(2,3)6-10-7-11-13/h7,13H,4-6H2,1-3H3,(H,10,11). The van der Waals surface area contributed by atoms with Crippen molar-refractivity contribution in [1.82, 2.24) is 5.32 Å². The Kier molecular flexibility index (Phi) is 5.11. The van der Waals surface area contributed by atoms with E-state index in [1.54, 1.807) is 0 Å². The lowest BCUT2D eigenvalue weighted by molar-refractivity contribution is -0.120. The summed E-state index contributed by atoms with van der Waals surface area (Å²) >= 11 is 0. The van der Waals surface area contributed by atoms with Crippen LogP contribution in [0, 0.1) is 5.41 Å². The number of carbonyl (C=O) groups excluding carboxylic acids is 1. The maximum Gasteiger partial charge on any atom is 0.133 e. The molecule has 0 rings (SSSR count). The molecule has 0 fully saturated rings. The summed E-state index contributed by atoms with van der Waals surface area (Å²) in [5, 5.41) is 13.8. The van der Waals surface area contributed by atoms with Crippen LogP contribution < -0.4 is 5.32 Å². The Balaban J connectivity index is 3.85. The van der Waals surface area contributed by atoms with E-state index in [0.717, 1.165) is 0 Å². The molecule has 4 nitrogen and oxygen atoms in total. The Labute approximate surface area is 79.0 Å². The minimum absolute atomic E-state index is 0.0890. The zero-order chi connectivity index (χ0) is 10.3. The second-order valence-electron chi connectivity index (χ2n) is 3.86. The highest BCUT2D eigenvalue weighted by molar-refractivity contribution is 5.78. The molecule has 0 aliphatic rings. The summed E-state index contributed by atoms with van der Waals surface area (Å²) in [4.78, 5) is 11.1. The number of ketones is 1. The number of hydrogen-bond donors (Lipinski definition) is 2. The monoisotopic (exact) mass is 186 g/mol. The van der Waals surface area contributed by atoms with Gasteiger partial charge in [-0.2, -0.15) is 0 Å². The van der Waals surface area contributed by atoms with E-state index in [1.165, 1.54) is 6.34 Å². The van der Waals surface area contributed by atoms with Crippen LogP contribution >= 0.6 is 0 Å². The van der Waals surface area contributed by atoms with Crippen LogP contribution in [-0.2, 0) is 4.79 Å². The van der Waals surface area contributed by atoms with Crippen molar-refractivity contribution in [2.24, 2.45) is 10.6 Å². The van der Waals surface area contributed by atoms with Crippen molar-refractivity contribution in [3.8, 4) is 0 Å². The van der Waals surface area contributed by atoms with E-state index in [1.807, 2.05) is 20.8 Å². The Hall–Kier alpha value is -1.06. The Morgan fingerprint density at radius 3 is 2.69 bits per heavy atom. The average molecular weight is 186 g/mol. The Morgan fingerprint density at radius 2 is 2.23 bits per heavy atom. The lowest BCUT2D eigenvalue weighted by Crippen LogP contribution is -2.30. The van der Waals surface area contributed by atoms with Crippen molar-refractivity contribution in [2.75, 3.05) is 6.54 Å². The molecule has 0 bridgehead atoms. The van der Waals surface area contributed by atoms with Gasteiger partial charge in [0.05, 0.1) is 0 Å². The third-order valence-corrected chi connectivity index (χ3v) is 1.80. The molecular formula is C9H18N2O2. The molecule has 0 amide bonds. The number of nitrogens with one attached hydrogen (secondary N) is 1. The van der Waals surface area contributed by atoms with E-state index in [9.17, 15) is 4.79 Å². The van der Waals surface area contributed by atoms with Gasteiger partial charge in [0.2, 0.25) is 0 Å². The molecule has 13 heavy (non-hydrogen) atoms. The van der Waals surface area contributed by atoms with Crippen molar-refractivity contribution in [1.29, 1.82) is 0 Å². The summed E-state index contributed by atoms with van der Waals surface area (Å²) in [6, 6.07) is 0. The molecule has 0 heterocycles. The molecule has 4 heteroatoms. The molecule has 0 aliphatic heterocycles. The Morgan fingerprint density at radius 1 is 1.62 bits per heavy atom. The van der Waals surface area contributed by atoms with Crippen LogP contribution in [0.3, 0.4) is 0 Å². The second kappa shape index (κ2) is 5.56. The van der Waals surface area contributed by atoms with E-state index in [0.29, 0.717) is 19.4 Å². The molecule has 0 aromatic carbocycles. The number of nitrogens with zero attached hydrogens (tertiary/aromatic N) is 1. The first-order chi connectivity index (χ1) is 6.02. The van der Waals surface area contributed by atoms with E-state index in [-0.39, 0.29) is 11.2 Å². The van der Waals surface area contributed by atoms with Crippen molar-refractivity contribution >= 4 is 12.1 Å². The molecule has 0 aromatic heterocycles. The van der Waals surface area contributed by atoms with Crippen LogP contribution in [0.1, 0.15) is 33.6 Å². The smallest absolute Gasteiger partial charge is 0.133 e. The molecule has 76 valence electrons. The van der Waals surface area contributed by atoms with Crippen LogP contribution in [0.25, 0.3) is 0 Å². The normalized spacial score (nSPS) is 11.9. The van der Waals surface area contributed by atoms with E-state index >= 15 is 0 Å². The summed E-state index contributed by atoms with van der Waals surface area (Å²) in [6.45, 7) is 6.49. The SMILES string of the molecule is CCC(=O)CC(C)(C)CNC=NO. The zero-order valence-electron chi connectivity index (χ0n) is 8.50. The Bertz CT molecular complexity index is 188. The number of oxime groups is 1. The first-order valence-corrected chi connectivity index (χ1v) is 4.43. The van der Waals surface area contributed by atoms with Crippen LogP contribution in [-0.4, -0.2) is 23.9 Å². The summed E-state index contributed by atoms with van der Waals surface area (Å²) in [5.41, 5.74) is -0.0890. The fourth-order valence-corrected chi connectivity index (χ4v) is 1.08. The first-order valence-electron chi connectivity index (χ1n) is 4.43. The maximum absolute atomic E-state index is 11.1. The van der Waals surface area contributed by atoms with Crippen LogP contribution in [0.2, 0.25) is 0 Å². The lowest BCUT2D eigenvalue weighted by Gasteiger charge is -2.22. The van der Waals surface area contributed by atoms with Gasteiger partial charge >= 0.3 is 0 Å². The molecule has 0 aliphatic carbocycles. The number of hydrogen-bond acceptors (Lipinski definition) is 3. The van der Waals surface area contributed by atoms with Crippen molar-refractivity contribution < 1.29 is 10.0 Å². The van der Waals surface area contributed by atoms with Gasteiger partial charge in [-0.15, -0.1) is 0 Å². The van der Waals surface area contributed by atoms with Gasteiger partial charge in [0.15, 0.2) is 0 Å². The largest absolute Gasteiger partial charge is 0.410 e. The molecule has 0 saturated carbocycles. The zero-order valence-corrected chi connectivity index (χ0v) is 8.50. The summed E-state index contributed by atoms with van der Waals surface area (Å²) < 4.78 is 0. The molecule has 0 aromatic rings. The van der Waals surface area contributed by atoms with Crippen molar-refractivity contribution in [3.05, 3.63) is 0 Å². The van der Waals surface area contributed by atoms with Gasteiger partial charge in [0.1, 0.15) is 12.1 Å². The van der Waals surface area contributed by atoms with Crippen LogP contribution in [0.5, 0.6) is 0 Å². The topological polar surface area (TPSA) is 61.7 Å². The van der Waals surface area contributed by atoms with Crippen molar-refractivity contribution in [2.45, 2.75) is 33.6 Å².